The first kappa shape index (κ1) is 12.5. The van der Waals surface area contributed by atoms with Gasteiger partial charge in [0.1, 0.15) is 5.78 Å². The Labute approximate surface area is 84.3 Å². The molecule has 0 heterocycles. The van der Waals surface area contributed by atoms with Crippen LogP contribution in [0.3, 0.4) is 0 Å². The summed E-state index contributed by atoms with van der Waals surface area (Å²) in [7, 11) is 0. The molecular formula is C9H16O3S. The van der Waals surface area contributed by atoms with Crippen molar-refractivity contribution in [2.24, 2.45) is 5.92 Å². The van der Waals surface area contributed by atoms with Gasteiger partial charge in [0.15, 0.2) is 0 Å². The number of carbonyl (C=O) groups excluding carboxylic acids is 2. The third-order valence-electron chi connectivity index (χ3n) is 1.71. The van der Waals surface area contributed by atoms with E-state index in [0.717, 1.165) is 6.42 Å². The van der Waals surface area contributed by atoms with Gasteiger partial charge in [-0.25, -0.2) is 0 Å². The van der Waals surface area contributed by atoms with E-state index in [1.165, 1.54) is 6.92 Å². The molecule has 0 bridgehead atoms. The highest BCUT2D eigenvalue weighted by Gasteiger charge is 2.25. The predicted octanol–water partition coefficient (Wildman–Crippen LogP) is 1.46. The number of thiol groups is 1. The van der Waals surface area contributed by atoms with Gasteiger partial charge in [-0.1, -0.05) is 13.8 Å². The maximum atomic E-state index is 11.2. The summed E-state index contributed by atoms with van der Waals surface area (Å²) in [6, 6.07) is 0. The zero-order chi connectivity index (χ0) is 10.4. The molecule has 13 heavy (non-hydrogen) atoms. The fourth-order valence-electron chi connectivity index (χ4n) is 0.815. The smallest absolute Gasteiger partial charge is 0.310 e. The van der Waals surface area contributed by atoms with Gasteiger partial charge in [0.05, 0.1) is 17.8 Å². The van der Waals surface area contributed by atoms with Crippen LogP contribution in [0.4, 0.5) is 0 Å². The first-order valence-electron chi connectivity index (χ1n) is 4.35. The maximum Gasteiger partial charge on any atom is 0.310 e. The van der Waals surface area contributed by atoms with Crippen molar-refractivity contribution in [3.05, 3.63) is 0 Å². The highest BCUT2D eigenvalue weighted by atomic mass is 32.1. The molecule has 0 aromatic heterocycles. The number of hydrogen-bond acceptors (Lipinski definition) is 4. The van der Waals surface area contributed by atoms with E-state index in [0.29, 0.717) is 6.61 Å². The van der Waals surface area contributed by atoms with Gasteiger partial charge in [-0.15, -0.1) is 0 Å². The Balaban J connectivity index is 4.01. The van der Waals surface area contributed by atoms with Gasteiger partial charge in [0.25, 0.3) is 0 Å². The van der Waals surface area contributed by atoms with Gasteiger partial charge in [-0.05, 0) is 13.3 Å². The van der Waals surface area contributed by atoms with Gasteiger partial charge in [-0.2, -0.15) is 12.6 Å². The first-order chi connectivity index (χ1) is 6.00. The topological polar surface area (TPSA) is 43.4 Å². The Kier molecular flexibility index (Phi) is 5.79. The van der Waals surface area contributed by atoms with Crippen LogP contribution in [0.1, 0.15) is 27.2 Å². The summed E-state index contributed by atoms with van der Waals surface area (Å²) in [6.45, 7) is 5.39. The quantitative estimate of drug-likeness (QED) is 0.544. The highest BCUT2D eigenvalue weighted by molar-refractivity contribution is 7.81. The van der Waals surface area contributed by atoms with Gasteiger partial charge in [0, 0.05) is 0 Å². The fraction of sp³-hybridized carbons (Fsp3) is 0.778. The molecule has 0 amide bonds. The summed E-state index contributed by atoms with van der Waals surface area (Å²) in [6.07, 6.45) is 0.787. The second-order valence-electron chi connectivity index (χ2n) is 3.01. The van der Waals surface area contributed by atoms with Crippen LogP contribution in [0.25, 0.3) is 0 Å². The van der Waals surface area contributed by atoms with Gasteiger partial charge in [-0.3, -0.25) is 9.59 Å². The van der Waals surface area contributed by atoms with E-state index < -0.39 is 11.2 Å². The number of esters is 1. The first-order valence-corrected chi connectivity index (χ1v) is 4.87. The largest absolute Gasteiger partial charge is 0.465 e. The van der Waals surface area contributed by atoms with Crippen LogP contribution in [0, 0.1) is 5.92 Å². The molecule has 0 fully saturated rings. The van der Waals surface area contributed by atoms with Gasteiger partial charge < -0.3 is 4.74 Å². The Morgan fingerprint density at radius 3 is 2.38 bits per heavy atom. The number of ether oxygens (including phenoxy) is 1. The molecule has 0 aromatic carbocycles. The van der Waals surface area contributed by atoms with Crippen molar-refractivity contribution >= 4 is 24.4 Å². The van der Waals surface area contributed by atoms with Crippen molar-refractivity contribution in [2.45, 2.75) is 32.4 Å². The lowest BCUT2D eigenvalue weighted by Gasteiger charge is -2.14. The van der Waals surface area contributed by atoms with Crippen LogP contribution in [0.2, 0.25) is 0 Å². The standard InChI is InChI=1S/C9H16O3S/c1-4-5-12-9(11)6(2)8(13)7(3)10/h6,8,13H,4-5H2,1-3H3. The number of carbonyl (C=O) groups is 2. The molecule has 4 heteroatoms. The summed E-state index contributed by atoms with van der Waals surface area (Å²) in [4.78, 5) is 22.1. The zero-order valence-electron chi connectivity index (χ0n) is 8.24. The lowest BCUT2D eigenvalue weighted by Crippen LogP contribution is -2.28. The van der Waals surface area contributed by atoms with Crippen molar-refractivity contribution in [2.75, 3.05) is 6.61 Å². The molecule has 0 saturated carbocycles. The molecule has 0 rings (SSSR count). The fourth-order valence-corrected chi connectivity index (χ4v) is 0.937. The maximum absolute atomic E-state index is 11.2. The SMILES string of the molecule is CCCOC(=O)C(C)C(S)C(C)=O. The van der Waals surface area contributed by atoms with Crippen molar-refractivity contribution in [3.8, 4) is 0 Å². The molecule has 76 valence electrons. The van der Waals surface area contributed by atoms with Crippen molar-refractivity contribution < 1.29 is 14.3 Å². The van der Waals surface area contributed by atoms with E-state index >= 15 is 0 Å². The van der Waals surface area contributed by atoms with E-state index in [-0.39, 0.29) is 11.8 Å². The Morgan fingerprint density at radius 2 is 2.00 bits per heavy atom. The molecule has 0 aliphatic rings. The van der Waals surface area contributed by atoms with E-state index in [9.17, 15) is 9.59 Å². The second kappa shape index (κ2) is 6.02. The molecule has 0 aliphatic carbocycles. The van der Waals surface area contributed by atoms with E-state index in [2.05, 4.69) is 12.6 Å². The minimum absolute atomic E-state index is 0.107. The van der Waals surface area contributed by atoms with Crippen LogP contribution >= 0.6 is 12.6 Å². The molecule has 3 nitrogen and oxygen atoms in total. The van der Waals surface area contributed by atoms with Crippen LogP contribution in [0.15, 0.2) is 0 Å². The van der Waals surface area contributed by atoms with E-state index in [1.807, 2.05) is 6.92 Å². The van der Waals surface area contributed by atoms with Crippen molar-refractivity contribution in [1.82, 2.24) is 0 Å². The minimum Gasteiger partial charge on any atom is -0.465 e. The van der Waals surface area contributed by atoms with Crippen molar-refractivity contribution in [1.29, 1.82) is 0 Å². The molecule has 2 unspecified atom stereocenters. The summed E-state index contributed by atoms with van der Waals surface area (Å²) in [5, 5.41) is -0.552. The molecule has 0 aliphatic heterocycles. The highest BCUT2D eigenvalue weighted by Crippen LogP contribution is 2.12. The lowest BCUT2D eigenvalue weighted by atomic mass is 10.1. The summed E-state index contributed by atoms with van der Waals surface area (Å²) < 4.78 is 4.88. The monoisotopic (exact) mass is 204 g/mol. The van der Waals surface area contributed by atoms with E-state index in [1.54, 1.807) is 6.92 Å². The molecule has 0 N–H and O–H groups in total. The number of hydrogen-bond donors (Lipinski definition) is 1. The van der Waals surface area contributed by atoms with Crippen LogP contribution in [-0.2, 0) is 14.3 Å². The molecule has 0 radical (unpaired) electrons. The number of rotatable bonds is 5. The normalized spacial score (nSPS) is 14.8. The average molecular weight is 204 g/mol. The van der Waals surface area contributed by atoms with Gasteiger partial charge >= 0.3 is 5.97 Å². The molecular weight excluding hydrogens is 188 g/mol. The Hall–Kier alpha value is -0.510. The third-order valence-corrected chi connectivity index (χ3v) is 2.52. The summed E-state index contributed by atoms with van der Waals surface area (Å²) >= 11 is 4.03. The van der Waals surface area contributed by atoms with Crippen molar-refractivity contribution in [3.63, 3.8) is 0 Å². The van der Waals surface area contributed by atoms with Gasteiger partial charge in [0.2, 0.25) is 0 Å². The van der Waals surface area contributed by atoms with Crippen LogP contribution < -0.4 is 0 Å². The van der Waals surface area contributed by atoms with Crippen LogP contribution in [0.5, 0.6) is 0 Å². The lowest BCUT2D eigenvalue weighted by molar-refractivity contribution is -0.149. The zero-order valence-corrected chi connectivity index (χ0v) is 9.14. The number of Topliss-reactive ketones (excluding diaryl/α,β-unsaturated/α-hetero) is 1. The molecule has 2 atom stereocenters. The second-order valence-corrected chi connectivity index (χ2v) is 3.57. The number of ketones is 1. The predicted molar refractivity (Wildman–Crippen MR) is 53.9 cm³/mol. The summed E-state index contributed by atoms with van der Waals surface area (Å²) in [5.41, 5.74) is 0. The van der Waals surface area contributed by atoms with Crippen LogP contribution in [-0.4, -0.2) is 23.6 Å². The van der Waals surface area contributed by atoms with E-state index in [4.69, 9.17) is 4.74 Å². The Bertz CT molecular complexity index is 191. The minimum atomic E-state index is -0.552. The molecule has 0 aromatic rings. The summed E-state index contributed by atoms with van der Waals surface area (Å²) in [5.74, 6) is -0.922. The molecule has 0 spiro atoms. The average Bonchev–Trinajstić information content (AvgIpc) is 2.11. The third kappa shape index (κ3) is 4.31. The molecule has 0 saturated heterocycles. The Morgan fingerprint density at radius 1 is 1.46 bits per heavy atom.